The van der Waals surface area contributed by atoms with Crippen molar-refractivity contribution in [3.05, 3.63) is 60.8 Å². The lowest BCUT2D eigenvalue weighted by atomic mass is 10.1. The molecule has 1 amide bonds. The molecule has 3 aromatic rings. The second-order valence-electron chi connectivity index (χ2n) is 7.29. The van der Waals surface area contributed by atoms with E-state index < -0.39 is 30.2 Å². The third kappa shape index (κ3) is 5.35. The summed E-state index contributed by atoms with van der Waals surface area (Å²) in [4.78, 5) is 26.8. The molecule has 2 unspecified atom stereocenters. The Labute approximate surface area is 185 Å². The van der Waals surface area contributed by atoms with Crippen LogP contribution in [0.3, 0.4) is 0 Å². The monoisotopic (exact) mass is 461 g/mol. The normalized spacial score (nSPS) is 18.3. The van der Waals surface area contributed by atoms with Gasteiger partial charge in [-0.1, -0.05) is 0 Å². The summed E-state index contributed by atoms with van der Waals surface area (Å²) >= 11 is 0. The number of aliphatic hydroxyl groups is 2. The van der Waals surface area contributed by atoms with Crippen LogP contribution in [0.5, 0.6) is 5.75 Å². The van der Waals surface area contributed by atoms with E-state index in [0.29, 0.717) is 16.9 Å². The van der Waals surface area contributed by atoms with Gasteiger partial charge < -0.3 is 25.2 Å². The zero-order chi connectivity index (χ0) is 23.6. The number of pyridine rings is 1. The van der Waals surface area contributed by atoms with E-state index in [2.05, 4.69) is 25.0 Å². The number of hydrogen-bond acceptors (Lipinski definition) is 8. The number of benzene rings is 1. The van der Waals surface area contributed by atoms with E-state index >= 15 is 0 Å². The number of anilines is 2. The second kappa shape index (κ2) is 9.00. The van der Waals surface area contributed by atoms with Gasteiger partial charge in [0, 0.05) is 48.5 Å². The molecule has 1 saturated heterocycles. The fraction of sp³-hybridized carbons (Fsp3) is 0.238. The van der Waals surface area contributed by atoms with Crippen molar-refractivity contribution in [3.63, 3.8) is 0 Å². The van der Waals surface area contributed by atoms with E-state index in [4.69, 9.17) is 0 Å². The molecule has 2 atom stereocenters. The van der Waals surface area contributed by atoms with Crippen LogP contribution in [-0.2, 0) is 0 Å². The molecule has 12 heteroatoms. The first-order chi connectivity index (χ1) is 15.7. The van der Waals surface area contributed by atoms with Gasteiger partial charge in [0.25, 0.3) is 5.91 Å². The molecule has 0 aliphatic carbocycles. The molecule has 1 aliphatic rings. The number of alkyl halides is 3. The Morgan fingerprint density at radius 2 is 1.70 bits per heavy atom. The average Bonchev–Trinajstić information content (AvgIpc) is 3.12. The summed E-state index contributed by atoms with van der Waals surface area (Å²) in [5.74, 6) is -0.517. The Bertz CT molecular complexity index is 1120. The highest BCUT2D eigenvalue weighted by Gasteiger charge is 2.32. The smallest absolute Gasteiger partial charge is 0.406 e. The molecule has 3 N–H and O–H groups in total. The lowest BCUT2D eigenvalue weighted by Crippen LogP contribution is -2.23. The van der Waals surface area contributed by atoms with Crippen LogP contribution < -0.4 is 15.0 Å². The summed E-state index contributed by atoms with van der Waals surface area (Å²) in [6, 6.07) is 6.29. The number of hydrogen-bond donors (Lipinski definition) is 3. The van der Waals surface area contributed by atoms with Gasteiger partial charge in [-0.15, -0.1) is 13.2 Å². The van der Waals surface area contributed by atoms with Crippen molar-refractivity contribution in [1.29, 1.82) is 0 Å². The molecule has 0 spiro atoms. The summed E-state index contributed by atoms with van der Waals surface area (Å²) in [5, 5.41) is 22.4. The van der Waals surface area contributed by atoms with Crippen molar-refractivity contribution in [3.8, 4) is 16.9 Å². The molecular formula is C21H18F3N5O4. The first kappa shape index (κ1) is 22.4. The summed E-state index contributed by atoms with van der Waals surface area (Å²) < 4.78 is 40.7. The number of amides is 1. The van der Waals surface area contributed by atoms with Crippen LogP contribution in [0.1, 0.15) is 10.4 Å². The summed E-state index contributed by atoms with van der Waals surface area (Å²) in [7, 11) is 0. The first-order valence-electron chi connectivity index (χ1n) is 9.73. The van der Waals surface area contributed by atoms with Gasteiger partial charge in [0.05, 0.1) is 17.8 Å². The van der Waals surface area contributed by atoms with Gasteiger partial charge in [0.2, 0.25) is 0 Å². The number of ether oxygens (including phenoxy) is 1. The van der Waals surface area contributed by atoms with Gasteiger partial charge in [0.1, 0.15) is 17.9 Å². The van der Waals surface area contributed by atoms with E-state index in [1.807, 2.05) is 0 Å². The largest absolute Gasteiger partial charge is 0.573 e. The molecule has 172 valence electrons. The summed E-state index contributed by atoms with van der Waals surface area (Å²) in [5.41, 5.74) is 1.51. The van der Waals surface area contributed by atoms with Gasteiger partial charge in [-0.05, 0) is 30.3 Å². The predicted molar refractivity (Wildman–Crippen MR) is 111 cm³/mol. The number of aliphatic hydroxyl groups excluding tert-OH is 2. The van der Waals surface area contributed by atoms with Crippen molar-refractivity contribution in [1.82, 2.24) is 15.0 Å². The number of nitrogens with zero attached hydrogens (tertiary/aromatic N) is 4. The van der Waals surface area contributed by atoms with Crippen LogP contribution in [0.25, 0.3) is 11.1 Å². The van der Waals surface area contributed by atoms with Crippen molar-refractivity contribution in [2.45, 2.75) is 18.6 Å². The molecular weight excluding hydrogens is 443 g/mol. The topological polar surface area (TPSA) is 121 Å². The molecule has 3 heterocycles. The maximum atomic E-state index is 12.8. The summed E-state index contributed by atoms with van der Waals surface area (Å²) in [6.07, 6.45) is -0.914. The van der Waals surface area contributed by atoms with E-state index in [-0.39, 0.29) is 24.3 Å². The van der Waals surface area contributed by atoms with E-state index in [1.165, 1.54) is 37.1 Å². The summed E-state index contributed by atoms with van der Waals surface area (Å²) in [6.45, 7) is 0.319. The van der Waals surface area contributed by atoms with E-state index in [0.717, 1.165) is 12.1 Å². The van der Waals surface area contributed by atoms with Gasteiger partial charge in [-0.2, -0.15) is 0 Å². The molecule has 33 heavy (non-hydrogen) atoms. The van der Waals surface area contributed by atoms with Gasteiger partial charge >= 0.3 is 6.36 Å². The van der Waals surface area contributed by atoms with Crippen molar-refractivity contribution < 1.29 is 32.9 Å². The van der Waals surface area contributed by atoms with Crippen molar-refractivity contribution in [2.75, 3.05) is 23.3 Å². The highest BCUT2D eigenvalue weighted by atomic mass is 19.4. The molecule has 1 fully saturated rings. The third-order valence-corrected chi connectivity index (χ3v) is 4.90. The predicted octanol–water partition coefficient (Wildman–Crippen LogP) is 2.23. The van der Waals surface area contributed by atoms with Crippen LogP contribution in [0.4, 0.5) is 24.7 Å². The molecule has 0 radical (unpaired) electrons. The van der Waals surface area contributed by atoms with Crippen LogP contribution in [0.15, 0.2) is 55.2 Å². The average molecular weight is 461 g/mol. The van der Waals surface area contributed by atoms with Gasteiger partial charge in [-0.25, -0.2) is 15.0 Å². The first-order valence-corrected chi connectivity index (χ1v) is 9.73. The fourth-order valence-corrected chi connectivity index (χ4v) is 3.37. The Kier molecular flexibility index (Phi) is 6.11. The molecule has 0 bridgehead atoms. The molecule has 1 aromatic carbocycles. The lowest BCUT2D eigenvalue weighted by molar-refractivity contribution is -0.274. The SMILES string of the molecule is O=C(Nc1ccc(OC(F)(F)F)cc1)c1cnc(N2CC(O)C(O)C2)c(-c2cncnc2)c1. The molecule has 1 aliphatic heterocycles. The zero-order valence-corrected chi connectivity index (χ0v) is 16.9. The van der Waals surface area contributed by atoms with Crippen molar-refractivity contribution in [2.24, 2.45) is 0 Å². The Hall–Kier alpha value is -3.77. The van der Waals surface area contributed by atoms with Crippen LogP contribution in [-0.4, -0.2) is 62.7 Å². The van der Waals surface area contributed by atoms with Gasteiger partial charge in [-0.3, -0.25) is 4.79 Å². The molecule has 0 saturated carbocycles. The highest BCUT2D eigenvalue weighted by molar-refractivity contribution is 6.05. The van der Waals surface area contributed by atoms with Gasteiger partial charge in [0.15, 0.2) is 0 Å². The number of rotatable bonds is 5. The minimum absolute atomic E-state index is 0.159. The number of aromatic nitrogens is 3. The minimum Gasteiger partial charge on any atom is -0.406 e. The molecule has 9 nitrogen and oxygen atoms in total. The number of carbonyl (C=O) groups excluding carboxylic acids is 1. The number of β-amino-alcohol motifs (C(OH)–C–C–N with tert-alkyl or cyclic N) is 2. The van der Waals surface area contributed by atoms with Crippen LogP contribution in [0.2, 0.25) is 0 Å². The maximum Gasteiger partial charge on any atom is 0.573 e. The van der Waals surface area contributed by atoms with Crippen molar-refractivity contribution >= 4 is 17.4 Å². The molecule has 4 rings (SSSR count). The number of nitrogens with one attached hydrogen (secondary N) is 1. The fourth-order valence-electron chi connectivity index (χ4n) is 3.37. The minimum atomic E-state index is -4.81. The quantitative estimate of drug-likeness (QED) is 0.529. The maximum absolute atomic E-state index is 12.8. The standard InChI is InChI=1S/C21H18F3N5O4/c22-21(23,24)33-15-3-1-14(2-4-15)28-20(32)12-5-16(13-6-25-11-26-7-13)19(27-8-12)29-9-17(30)18(31)10-29/h1-8,11,17-18,30-31H,9-10H2,(H,28,32). The van der Waals surface area contributed by atoms with Crippen LogP contribution >= 0.6 is 0 Å². The third-order valence-electron chi connectivity index (χ3n) is 4.90. The highest BCUT2D eigenvalue weighted by Crippen LogP contribution is 2.32. The number of carbonyl (C=O) groups is 1. The Balaban J connectivity index is 1.58. The Morgan fingerprint density at radius 3 is 2.30 bits per heavy atom. The van der Waals surface area contributed by atoms with Crippen LogP contribution in [0, 0.1) is 0 Å². The molecule has 2 aromatic heterocycles. The number of halogens is 3. The zero-order valence-electron chi connectivity index (χ0n) is 16.9. The lowest BCUT2D eigenvalue weighted by Gasteiger charge is -2.20. The van der Waals surface area contributed by atoms with E-state index in [9.17, 15) is 28.2 Å². The second-order valence-corrected chi connectivity index (χ2v) is 7.29. The Morgan fingerprint density at radius 1 is 1.06 bits per heavy atom. The van der Waals surface area contributed by atoms with E-state index in [1.54, 1.807) is 11.0 Å².